The minimum absolute atomic E-state index is 0.0400. The predicted molar refractivity (Wildman–Crippen MR) is 46.3 cm³/mol. The molecule has 0 aliphatic rings. The molecular weight excluding hydrogens is 171 g/mol. The Hall–Kier alpha value is -1.84. The van der Waals surface area contributed by atoms with E-state index in [0.717, 1.165) is 0 Å². The number of benzene rings is 1. The number of aromatic nitrogens is 1. The van der Waals surface area contributed by atoms with Gasteiger partial charge in [-0.2, -0.15) is 4.98 Å². The normalized spacial score (nSPS) is 10.2. The van der Waals surface area contributed by atoms with Gasteiger partial charge in [0.25, 0.3) is 6.01 Å². The molecule has 1 aromatic carbocycles. The molecule has 2 aromatic rings. The topological polar surface area (TPSA) is 52.0 Å². The van der Waals surface area contributed by atoms with Crippen LogP contribution >= 0.6 is 0 Å². The van der Waals surface area contributed by atoms with Crippen molar-refractivity contribution in [1.29, 1.82) is 0 Å². The van der Waals surface area contributed by atoms with Crippen molar-refractivity contribution < 1.29 is 8.81 Å². The summed E-state index contributed by atoms with van der Waals surface area (Å²) in [6.45, 7) is 0. The van der Waals surface area contributed by atoms with Crippen LogP contribution in [-0.2, 0) is 0 Å². The zero-order chi connectivity index (χ0) is 9.26. The first-order valence-corrected chi connectivity index (χ1v) is 3.73. The largest absolute Gasteiger partial charge is 0.432 e. The third kappa shape index (κ3) is 1.38. The third-order valence-corrected chi connectivity index (χ3v) is 1.67. The average molecular weight is 178 g/mol. The molecule has 0 spiro atoms. The molecule has 1 heterocycles. The summed E-state index contributed by atoms with van der Waals surface area (Å²) < 4.78 is 17.9. The molecule has 0 radical (unpaired) electrons. The zero-order valence-electron chi connectivity index (χ0n) is 6.70. The lowest BCUT2D eigenvalue weighted by atomic mass is 10.2. The Balaban J connectivity index is 2.52. The molecule has 0 bridgehead atoms. The molecule has 2 N–H and O–H groups in total. The molecule has 0 aliphatic carbocycles. The van der Waals surface area contributed by atoms with Crippen LogP contribution in [0, 0.1) is 5.82 Å². The number of nitrogen functional groups attached to an aromatic ring is 1. The highest BCUT2D eigenvalue weighted by molar-refractivity contribution is 5.59. The Morgan fingerprint density at radius 2 is 2.08 bits per heavy atom. The Kier molecular flexibility index (Phi) is 1.73. The van der Waals surface area contributed by atoms with Gasteiger partial charge in [-0.25, -0.2) is 4.39 Å². The summed E-state index contributed by atoms with van der Waals surface area (Å²) in [6, 6.07) is 6.36. The smallest absolute Gasteiger partial charge is 0.292 e. The second-order valence-corrected chi connectivity index (χ2v) is 2.55. The molecule has 0 atom stereocenters. The molecule has 1 aromatic heterocycles. The maximum absolute atomic E-state index is 13.2. The van der Waals surface area contributed by atoms with Gasteiger partial charge in [0.1, 0.15) is 17.8 Å². The van der Waals surface area contributed by atoms with Gasteiger partial charge in [-0.15, -0.1) is 0 Å². The van der Waals surface area contributed by atoms with Crippen molar-refractivity contribution in [2.24, 2.45) is 0 Å². The van der Waals surface area contributed by atoms with E-state index in [9.17, 15) is 4.39 Å². The molecule has 3 nitrogen and oxygen atoms in total. The number of halogens is 1. The Labute approximate surface area is 74.0 Å². The molecule has 2 rings (SSSR count). The molecule has 0 fully saturated rings. The summed E-state index contributed by atoms with van der Waals surface area (Å²) >= 11 is 0. The van der Waals surface area contributed by atoms with E-state index >= 15 is 0 Å². The minimum atomic E-state index is -0.337. The molecule has 0 unspecified atom stereocenters. The van der Waals surface area contributed by atoms with Gasteiger partial charge in [0.05, 0.1) is 0 Å². The second kappa shape index (κ2) is 2.90. The Morgan fingerprint density at radius 1 is 1.31 bits per heavy atom. The van der Waals surface area contributed by atoms with E-state index in [1.54, 1.807) is 18.2 Å². The van der Waals surface area contributed by atoms with Gasteiger partial charge in [-0.1, -0.05) is 12.1 Å². The van der Waals surface area contributed by atoms with Gasteiger partial charge in [0.15, 0.2) is 0 Å². The van der Waals surface area contributed by atoms with E-state index in [1.807, 2.05) is 0 Å². The monoisotopic (exact) mass is 178 g/mol. The quantitative estimate of drug-likeness (QED) is 0.727. The number of nitrogens with two attached hydrogens (primary N) is 1. The van der Waals surface area contributed by atoms with Crippen LogP contribution in [0.4, 0.5) is 10.4 Å². The lowest BCUT2D eigenvalue weighted by molar-refractivity contribution is 0.580. The first kappa shape index (κ1) is 7.79. The summed E-state index contributed by atoms with van der Waals surface area (Å²) in [5.74, 6) is -0.337. The van der Waals surface area contributed by atoms with Crippen molar-refractivity contribution in [2.75, 3.05) is 5.73 Å². The van der Waals surface area contributed by atoms with Crippen LogP contribution in [0.5, 0.6) is 0 Å². The average Bonchev–Trinajstić information content (AvgIpc) is 2.53. The highest BCUT2D eigenvalue weighted by atomic mass is 19.1. The first-order valence-electron chi connectivity index (χ1n) is 3.73. The van der Waals surface area contributed by atoms with Gasteiger partial charge in [0.2, 0.25) is 0 Å². The van der Waals surface area contributed by atoms with E-state index < -0.39 is 0 Å². The van der Waals surface area contributed by atoms with E-state index in [2.05, 4.69) is 4.98 Å². The molecule has 66 valence electrons. The SMILES string of the molecule is Nc1nc(-c2ccccc2F)co1. The third-order valence-electron chi connectivity index (χ3n) is 1.67. The van der Waals surface area contributed by atoms with Gasteiger partial charge < -0.3 is 10.2 Å². The summed E-state index contributed by atoms with van der Waals surface area (Å²) in [6.07, 6.45) is 1.33. The van der Waals surface area contributed by atoms with Crippen LogP contribution in [-0.4, -0.2) is 4.98 Å². The fraction of sp³-hybridized carbons (Fsp3) is 0. The maximum atomic E-state index is 13.2. The predicted octanol–water partition coefficient (Wildman–Crippen LogP) is 2.06. The summed E-state index contributed by atoms with van der Waals surface area (Å²) in [4.78, 5) is 3.81. The number of hydrogen-bond donors (Lipinski definition) is 1. The Bertz CT molecular complexity index is 425. The van der Waals surface area contributed by atoms with Gasteiger partial charge in [-0.3, -0.25) is 0 Å². The van der Waals surface area contributed by atoms with Crippen molar-refractivity contribution in [2.45, 2.75) is 0 Å². The van der Waals surface area contributed by atoms with Crippen LogP contribution in [0.25, 0.3) is 11.3 Å². The summed E-state index contributed by atoms with van der Waals surface area (Å²) in [5.41, 5.74) is 6.07. The van der Waals surface area contributed by atoms with Gasteiger partial charge in [0, 0.05) is 5.56 Å². The maximum Gasteiger partial charge on any atom is 0.292 e. The highest BCUT2D eigenvalue weighted by Gasteiger charge is 2.07. The van der Waals surface area contributed by atoms with Crippen molar-refractivity contribution in [3.05, 3.63) is 36.3 Å². The fourth-order valence-corrected chi connectivity index (χ4v) is 1.08. The van der Waals surface area contributed by atoms with Crippen LogP contribution in [0.15, 0.2) is 34.9 Å². The van der Waals surface area contributed by atoms with E-state index in [-0.39, 0.29) is 11.8 Å². The van der Waals surface area contributed by atoms with Crippen LogP contribution in [0.2, 0.25) is 0 Å². The van der Waals surface area contributed by atoms with Crippen molar-refractivity contribution >= 4 is 6.01 Å². The first-order chi connectivity index (χ1) is 6.27. The van der Waals surface area contributed by atoms with Crippen molar-refractivity contribution in [3.63, 3.8) is 0 Å². The van der Waals surface area contributed by atoms with E-state index in [0.29, 0.717) is 11.3 Å². The van der Waals surface area contributed by atoms with Crippen molar-refractivity contribution in [1.82, 2.24) is 4.98 Å². The number of hydrogen-bond acceptors (Lipinski definition) is 3. The Morgan fingerprint density at radius 3 is 2.69 bits per heavy atom. The second-order valence-electron chi connectivity index (χ2n) is 2.55. The van der Waals surface area contributed by atoms with E-state index in [1.165, 1.54) is 12.3 Å². The standard InChI is InChI=1S/C9H7FN2O/c10-7-4-2-1-3-6(7)8-5-13-9(11)12-8/h1-5H,(H2,11,12). The highest BCUT2D eigenvalue weighted by Crippen LogP contribution is 2.21. The molecule has 13 heavy (non-hydrogen) atoms. The fourth-order valence-electron chi connectivity index (χ4n) is 1.08. The summed E-state index contributed by atoms with van der Waals surface area (Å²) in [7, 11) is 0. The van der Waals surface area contributed by atoms with Gasteiger partial charge in [-0.05, 0) is 12.1 Å². The number of rotatable bonds is 1. The lowest BCUT2D eigenvalue weighted by Gasteiger charge is -1.95. The number of nitrogens with zero attached hydrogens (tertiary/aromatic N) is 1. The molecule has 0 saturated heterocycles. The molecular formula is C9H7FN2O. The molecule has 0 amide bonds. The number of anilines is 1. The molecule has 0 aliphatic heterocycles. The van der Waals surface area contributed by atoms with E-state index in [4.69, 9.17) is 10.2 Å². The molecule has 0 saturated carbocycles. The number of oxazole rings is 1. The van der Waals surface area contributed by atoms with Crippen LogP contribution < -0.4 is 5.73 Å². The lowest BCUT2D eigenvalue weighted by Crippen LogP contribution is -1.85. The van der Waals surface area contributed by atoms with Crippen LogP contribution in [0.1, 0.15) is 0 Å². The van der Waals surface area contributed by atoms with Gasteiger partial charge >= 0.3 is 0 Å². The summed E-state index contributed by atoms with van der Waals surface area (Å²) in [5, 5.41) is 0. The van der Waals surface area contributed by atoms with Crippen molar-refractivity contribution in [3.8, 4) is 11.3 Å². The zero-order valence-corrected chi connectivity index (χ0v) is 6.70. The molecule has 4 heteroatoms. The minimum Gasteiger partial charge on any atom is -0.432 e. The van der Waals surface area contributed by atoms with Crippen LogP contribution in [0.3, 0.4) is 0 Å².